The second kappa shape index (κ2) is 5.56. The summed E-state index contributed by atoms with van der Waals surface area (Å²) in [7, 11) is 0. The van der Waals surface area contributed by atoms with Gasteiger partial charge in [-0.3, -0.25) is 0 Å². The van der Waals surface area contributed by atoms with Gasteiger partial charge in [-0.25, -0.2) is 4.79 Å². The van der Waals surface area contributed by atoms with Gasteiger partial charge in [0.15, 0.2) is 0 Å². The van der Waals surface area contributed by atoms with E-state index in [1.165, 1.54) is 6.07 Å². The average Bonchev–Trinajstić information content (AvgIpc) is 2.81. The highest BCUT2D eigenvalue weighted by Gasteiger charge is 2.21. The van der Waals surface area contributed by atoms with Crippen LogP contribution in [-0.2, 0) is 13.0 Å². The van der Waals surface area contributed by atoms with E-state index in [4.69, 9.17) is 0 Å². The number of carbonyl (C=O) groups is 1. The molecule has 0 saturated heterocycles. The van der Waals surface area contributed by atoms with Crippen molar-refractivity contribution in [1.29, 1.82) is 0 Å². The third kappa shape index (κ3) is 2.33. The molecule has 0 bridgehead atoms. The lowest BCUT2D eigenvalue weighted by atomic mass is 10.1. The van der Waals surface area contributed by atoms with Crippen LogP contribution < -0.4 is 0 Å². The fraction of sp³-hybridized carbons (Fsp3) is 0.167. The first-order valence-corrected chi connectivity index (χ1v) is 7.23. The van der Waals surface area contributed by atoms with E-state index in [2.05, 4.69) is 0 Å². The zero-order valence-corrected chi connectivity index (χ0v) is 12.3. The van der Waals surface area contributed by atoms with Crippen molar-refractivity contribution < 1.29 is 15.0 Å². The molecule has 0 atom stereocenters. The van der Waals surface area contributed by atoms with Crippen molar-refractivity contribution in [3.8, 4) is 5.75 Å². The van der Waals surface area contributed by atoms with Crippen LogP contribution in [0.15, 0.2) is 48.5 Å². The zero-order chi connectivity index (χ0) is 15.7. The van der Waals surface area contributed by atoms with Crippen LogP contribution in [0.25, 0.3) is 10.9 Å². The molecule has 0 aliphatic rings. The van der Waals surface area contributed by atoms with E-state index in [1.54, 1.807) is 12.1 Å². The molecule has 0 radical (unpaired) electrons. The summed E-state index contributed by atoms with van der Waals surface area (Å²) < 4.78 is 1.98. The molecule has 0 unspecified atom stereocenters. The van der Waals surface area contributed by atoms with E-state index < -0.39 is 5.97 Å². The molecule has 4 nitrogen and oxygen atoms in total. The van der Waals surface area contributed by atoms with Gasteiger partial charge >= 0.3 is 5.97 Å². The van der Waals surface area contributed by atoms with E-state index >= 15 is 0 Å². The number of carboxylic acids is 1. The number of nitrogens with zero attached hydrogens (tertiary/aromatic N) is 1. The third-order valence-corrected chi connectivity index (χ3v) is 3.89. The van der Waals surface area contributed by atoms with Gasteiger partial charge in [-0.2, -0.15) is 0 Å². The first-order chi connectivity index (χ1) is 10.6. The molecule has 112 valence electrons. The number of fused-ring (bicyclic) bond motifs is 1. The van der Waals surface area contributed by atoms with E-state index in [0.29, 0.717) is 23.9 Å². The van der Waals surface area contributed by atoms with Crippen LogP contribution in [0.3, 0.4) is 0 Å². The zero-order valence-electron chi connectivity index (χ0n) is 12.3. The molecule has 0 amide bonds. The van der Waals surface area contributed by atoms with Gasteiger partial charge in [0.1, 0.15) is 5.75 Å². The van der Waals surface area contributed by atoms with E-state index in [1.807, 2.05) is 41.8 Å². The second-order valence-corrected chi connectivity index (χ2v) is 5.25. The maximum Gasteiger partial charge on any atom is 0.338 e. The molecule has 2 N–H and O–H groups in total. The van der Waals surface area contributed by atoms with Gasteiger partial charge in [0.25, 0.3) is 0 Å². The number of phenolic OH excluding ortho intramolecular Hbond substituents is 1. The highest BCUT2D eigenvalue weighted by molar-refractivity contribution is 6.05. The lowest BCUT2D eigenvalue weighted by molar-refractivity contribution is 0.0697. The van der Waals surface area contributed by atoms with Crippen molar-refractivity contribution in [3.05, 3.63) is 65.4 Å². The van der Waals surface area contributed by atoms with Crippen molar-refractivity contribution in [1.82, 2.24) is 4.57 Å². The van der Waals surface area contributed by atoms with Crippen molar-refractivity contribution in [2.24, 2.45) is 0 Å². The first-order valence-electron chi connectivity index (χ1n) is 7.23. The molecule has 0 fully saturated rings. The van der Waals surface area contributed by atoms with E-state index in [0.717, 1.165) is 16.8 Å². The van der Waals surface area contributed by atoms with E-state index in [-0.39, 0.29) is 5.75 Å². The summed E-state index contributed by atoms with van der Waals surface area (Å²) in [6.07, 6.45) is 0.615. The Morgan fingerprint density at radius 2 is 1.86 bits per heavy atom. The topological polar surface area (TPSA) is 62.5 Å². The summed E-state index contributed by atoms with van der Waals surface area (Å²) in [6.45, 7) is 2.53. The van der Waals surface area contributed by atoms with Gasteiger partial charge in [-0.05, 0) is 24.1 Å². The minimum absolute atomic E-state index is 0.138. The lowest BCUT2D eigenvalue weighted by Crippen LogP contribution is -2.07. The summed E-state index contributed by atoms with van der Waals surface area (Å²) in [4.78, 5) is 11.7. The first kappa shape index (κ1) is 14.2. The molecular formula is C18H17NO3. The van der Waals surface area contributed by atoms with Gasteiger partial charge in [-0.15, -0.1) is 0 Å². The lowest BCUT2D eigenvalue weighted by Gasteiger charge is -2.10. The molecular weight excluding hydrogens is 278 g/mol. The number of aromatic nitrogens is 1. The number of benzene rings is 2. The molecule has 3 rings (SSSR count). The average molecular weight is 295 g/mol. The Bertz CT molecular complexity index is 834. The highest BCUT2D eigenvalue weighted by Crippen LogP contribution is 2.30. The van der Waals surface area contributed by atoms with Gasteiger partial charge in [0.2, 0.25) is 0 Å². The summed E-state index contributed by atoms with van der Waals surface area (Å²) in [5.41, 5.74) is 2.94. The minimum Gasteiger partial charge on any atom is -0.508 e. The monoisotopic (exact) mass is 295 g/mol. The maximum absolute atomic E-state index is 11.7. The Balaban J connectivity index is 2.27. The Morgan fingerprint density at radius 1 is 1.14 bits per heavy atom. The van der Waals surface area contributed by atoms with Crippen LogP contribution >= 0.6 is 0 Å². The Labute approximate surface area is 128 Å². The smallest absolute Gasteiger partial charge is 0.338 e. The largest absolute Gasteiger partial charge is 0.508 e. The summed E-state index contributed by atoms with van der Waals surface area (Å²) >= 11 is 0. The molecule has 2 aromatic carbocycles. The quantitative estimate of drug-likeness (QED) is 0.772. The summed E-state index contributed by atoms with van der Waals surface area (Å²) in [5.74, 6) is -0.793. The van der Waals surface area contributed by atoms with Crippen LogP contribution in [-0.4, -0.2) is 20.7 Å². The summed E-state index contributed by atoms with van der Waals surface area (Å²) in [6, 6.07) is 14.7. The molecule has 4 heteroatoms. The van der Waals surface area contributed by atoms with Crippen LogP contribution in [0.1, 0.15) is 28.5 Å². The normalized spacial score (nSPS) is 11.0. The fourth-order valence-electron chi connectivity index (χ4n) is 2.94. The van der Waals surface area contributed by atoms with Crippen molar-refractivity contribution in [3.63, 3.8) is 0 Å². The van der Waals surface area contributed by atoms with Crippen molar-refractivity contribution in [2.45, 2.75) is 19.9 Å². The summed E-state index contributed by atoms with van der Waals surface area (Å²) in [5, 5.41) is 20.0. The SMILES string of the molecule is CCc1c(C(=O)O)c2ccc(O)cc2n1Cc1ccccc1. The van der Waals surface area contributed by atoms with Crippen molar-refractivity contribution >= 4 is 16.9 Å². The number of hydrogen-bond acceptors (Lipinski definition) is 2. The Morgan fingerprint density at radius 3 is 2.50 bits per heavy atom. The fourth-order valence-corrected chi connectivity index (χ4v) is 2.94. The highest BCUT2D eigenvalue weighted by atomic mass is 16.4. The van der Waals surface area contributed by atoms with Gasteiger partial charge in [0, 0.05) is 23.7 Å². The minimum atomic E-state index is -0.931. The molecule has 0 spiro atoms. The Hall–Kier alpha value is -2.75. The van der Waals surface area contributed by atoms with Gasteiger partial charge < -0.3 is 14.8 Å². The Kier molecular flexibility index (Phi) is 3.59. The van der Waals surface area contributed by atoms with Gasteiger partial charge in [-0.1, -0.05) is 37.3 Å². The van der Waals surface area contributed by atoms with Crippen LogP contribution in [0.2, 0.25) is 0 Å². The molecule has 0 saturated carbocycles. The van der Waals surface area contributed by atoms with Gasteiger partial charge in [0.05, 0.1) is 11.1 Å². The number of aromatic carboxylic acids is 1. The number of hydrogen-bond donors (Lipinski definition) is 2. The van der Waals surface area contributed by atoms with Crippen LogP contribution in [0, 0.1) is 0 Å². The maximum atomic E-state index is 11.7. The van der Waals surface area contributed by atoms with Crippen molar-refractivity contribution in [2.75, 3.05) is 0 Å². The molecule has 0 aliphatic heterocycles. The molecule has 3 aromatic rings. The standard InChI is InChI=1S/C18H17NO3/c1-2-15-17(18(21)22)14-9-8-13(20)10-16(14)19(15)11-12-6-4-3-5-7-12/h3-10,20H,2,11H2,1H3,(H,21,22). The predicted molar refractivity (Wildman–Crippen MR) is 85.5 cm³/mol. The molecule has 0 aliphatic carbocycles. The van der Waals surface area contributed by atoms with E-state index in [9.17, 15) is 15.0 Å². The number of rotatable bonds is 4. The second-order valence-electron chi connectivity index (χ2n) is 5.25. The third-order valence-electron chi connectivity index (χ3n) is 3.89. The molecule has 1 heterocycles. The number of phenols is 1. The number of aromatic hydroxyl groups is 1. The molecule has 1 aromatic heterocycles. The molecule has 22 heavy (non-hydrogen) atoms. The predicted octanol–water partition coefficient (Wildman–Crippen LogP) is 3.66. The van der Waals surface area contributed by atoms with Crippen LogP contribution in [0.5, 0.6) is 5.75 Å². The number of carboxylic acid groups (broad SMARTS) is 1. The van der Waals surface area contributed by atoms with Crippen LogP contribution in [0.4, 0.5) is 0 Å².